The summed E-state index contributed by atoms with van der Waals surface area (Å²) in [5.74, 6) is 0. The zero-order chi connectivity index (χ0) is 5.15. The van der Waals surface area contributed by atoms with Crippen LogP contribution in [0.2, 0.25) is 0 Å². The van der Waals surface area contributed by atoms with Gasteiger partial charge in [-0.3, -0.25) is 0 Å². The predicted octanol–water partition coefficient (Wildman–Crippen LogP) is 1.80. The molecule has 0 bridgehead atoms. The maximum absolute atomic E-state index is 2.17. The van der Waals surface area contributed by atoms with E-state index in [1.165, 1.54) is 0 Å². The predicted molar refractivity (Wildman–Crippen MR) is 43.3 cm³/mol. The third kappa shape index (κ3) is 9.74. The molecule has 0 fully saturated rings. The summed E-state index contributed by atoms with van der Waals surface area (Å²) in [7, 11) is 4.15. The van der Waals surface area contributed by atoms with E-state index in [-0.39, 0.29) is 24.8 Å². The highest BCUT2D eigenvalue weighted by Crippen LogP contribution is 1.84. The molecule has 0 aliphatic heterocycles. The van der Waals surface area contributed by atoms with Crippen molar-refractivity contribution in [3.05, 3.63) is 0 Å². The minimum absolute atomic E-state index is 0. The van der Waals surface area contributed by atoms with Gasteiger partial charge >= 0.3 is 0 Å². The third-order valence-electron chi connectivity index (χ3n) is 1.03. The van der Waals surface area contributed by atoms with Crippen LogP contribution in [0.5, 0.6) is 0 Å². The van der Waals surface area contributed by atoms with Crippen LogP contribution in [-0.4, -0.2) is 25.0 Å². The Labute approximate surface area is 64.3 Å². The lowest BCUT2D eigenvalue weighted by Crippen LogP contribution is -2.20. The minimum atomic E-state index is 0. The first kappa shape index (κ1) is 15.8. The van der Waals surface area contributed by atoms with Crippen LogP contribution in [0.25, 0.3) is 0 Å². The fraction of sp³-hybridized carbons (Fsp3) is 1.00. The Balaban J connectivity index is -0.000000125. The topological polar surface area (TPSA) is 3.24 Å². The Morgan fingerprint density at radius 3 is 1.12 bits per heavy atom. The Hall–Kier alpha value is 0.540. The van der Waals surface area contributed by atoms with Gasteiger partial charge in [0.2, 0.25) is 0 Å². The van der Waals surface area contributed by atoms with Crippen LogP contribution >= 0.6 is 24.8 Å². The lowest BCUT2D eigenvalue weighted by atomic mass is 10.4. The molecule has 0 amide bonds. The van der Waals surface area contributed by atoms with Crippen molar-refractivity contribution in [3.63, 3.8) is 0 Å². The number of nitrogens with zero attached hydrogens (tertiary/aromatic N) is 1. The zero-order valence-electron chi connectivity index (χ0n) is 5.84. The van der Waals surface area contributed by atoms with Crippen molar-refractivity contribution >= 4 is 24.8 Å². The first-order valence-corrected chi connectivity index (χ1v) is 2.31. The molecule has 0 saturated heterocycles. The number of rotatable bonds is 1. The fourth-order valence-corrected chi connectivity index (χ4v) is 0. The first-order chi connectivity index (χ1) is 2.64. The van der Waals surface area contributed by atoms with Crippen molar-refractivity contribution in [3.8, 4) is 0 Å². The highest BCUT2D eigenvalue weighted by molar-refractivity contribution is 5.85. The van der Waals surface area contributed by atoms with Crippen molar-refractivity contribution in [2.45, 2.75) is 19.9 Å². The molecule has 0 aliphatic carbocycles. The molecule has 0 aromatic heterocycles. The fourth-order valence-electron chi connectivity index (χ4n) is 0. The van der Waals surface area contributed by atoms with Crippen LogP contribution in [0.4, 0.5) is 0 Å². The zero-order valence-corrected chi connectivity index (χ0v) is 7.47. The van der Waals surface area contributed by atoms with Gasteiger partial charge in [-0.1, -0.05) is 0 Å². The van der Waals surface area contributed by atoms with Crippen LogP contribution < -0.4 is 0 Å². The van der Waals surface area contributed by atoms with Crippen molar-refractivity contribution in [1.82, 2.24) is 4.90 Å². The minimum Gasteiger partial charge on any atom is -0.307 e. The van der Waals surface area contributed by atoms with Gasteiger partial charge < -0.3 is 4.90 Å². The lowest BCUT2D eigenvalue weighted by molar-refractivity contribution is 0.335. The molecule has 0 unspecified atom stereocenters. The molecule has 0 aromatic carbocycles. The second-order valence-corrected chi connectivity index (χ2v) is 2.06. The SMILES string of the molecule is CC(C)N(C)C.Cl.Cl. The van der Waals surface area contributed by atoms with E-state index in [0.717, 1.165) is 0 Å². The lowest BCUT2D eigenvalue weighted by Gasteiger charge is -2.12. The summed E-state index contributed by atoms with van der Waals surface area (Å²) in [5, 5.41) is 0. The Kier molecular flexibility index (Phi) is 14.9. The highest BCUT2D eigenvalue weighted by atomic mass is 35.5. The van der Waals surface area contributed by atoms with Crippen LogP contribution in [-0.2, 0) is 0 Å². The summed E-state index contributed by atoms with van der Waals surface area (Å²) in [6.45, 7) is 4.33. The standard InChI is InChI=1S/C5H13N.2ClH/c1-5(2)6(3)4;;/h5H,1-4H3;2*1H. The average molecular weight is 160 g/mol. The molecule has 0 heterocycles. The number of hydrogen-bond acceptors (Lipinski definition) is 1. The normalized spacial score (nSPS) is 8.25. The second kappa shape index (κ2) is 7.54. The molecule has 0 atom stereocenters. The largest absolute Gasteiger partial charge is 0.307 e. The summed E-state index contributed by atoms with van der Waals surface area (Å²) in [5.41, 5.74) is 0. The molecule has 0 spiro atoms. The smallest absolute Gasteiger partial charge is 0.00324 e. The third-order valence-corrected chi connectivity index (χ3v) is 1.03. The first-order valence-electron chi connectivity index (χ1n) is 2.31. The molecule has 0 N–H and O–H groups in total. The Morgan fingerprint density at radius 1 is 1.00 bits per heavy atom. The Morgan fingerprint density at radius 2 is 1.12 bits per heavy atom. The van der Waals surface area contributed by atoms with Gasteiger partial charge in [-0.05, 0) is 27.9 Å². The number of halogens is 2. The summed E-state index contributed by atoms with van der Waals surface area (Å²) >= 11 is 0. The maximum atomic E-state index is 2.17. The van der Waals surface area contributed by atoms with Gasteiger partial charge in [-0.2, -0.15) is 0 Å². The van der Waals surface area contributed by atoms with Gasteiger partial charge in [0, 0.05) is 6.04 Å². The monoisotopic (exact) mass is 159 g/mol. The van der Waals surface area contributed by atoms with Gasteiger partial charge in [0.25, 0.3) is 0 Å². The van der Waals surface area contributed by atoms with Gasteiger partial charge in [0.15, 0.2) is 0 Å². The highest BCUT2D eigenvalue weighted by Gasteiger charge is 1.90. The molecule has 3 heteroatoms. The number of hydrogen-bond donors (Lipinski definition) is 0. The van der Waals surface area contributed by atoms with E-state index in [1.54, 1.807) is 0 Å². The van der Waals surface area contributed by atoms with E-state index in [4.69, 9.17) is 0 Å². The average Bonchev–Trinajstić information content (AvgIpc) is 1.36. The summed E-state index contributed by atoms with van der Waals surface area (Å²) < 4.78 is 0. The van der Waals surface area contributed by atoms with Crippen molar-refractivity contribution in [1.29, 1.82) is 0 Å². The van der Waals surface area contributed by atoms with E-state index in [0.29, 0.717) is 6.04 Å². The molecular weight excluding hydrogens is 145 g/mol. The van der Waals surface area contributed by atoms with Crippen molar-refractivity contribution < 1.29 is 0 Å². The second-order valence-electron chi connectivity index (χ2n) is 2.06. The summed E-state index contributed by atoms with van der Waals surface area (Å²) in [4.78, 5) is 2.17. The Bertz CT molecular complexity index is 31.4. The van der Waals surface area contributed by atoms with Crippen molar-refractivity contribution in [2.75, 3.05) is 14.1 Å². The molecule has 0 aliphatic rings. The van der Waals surface area contributed by atoms with Crippen LogP contribution in [0.15, 0.2) is 0 Å². The van der Waals surface area contributed by atoms with Crippen LogP contribution in [0, 0.1) is 0 Å². The molecular formula is C5H15Cl2N. The quantitative estimate of drug-likeness (QED) is 0.565. The van der Waals surface area contributed by atoms with E-state index in [9.17, 15) is 0 Å². The van der Waals surface area contributed by atoms with E-state index in [1.807, 2.05) is 0 Å². The van der Waals surface area contributed by atoms with Crippen molar-refractivity contribution in [2.24, 2.45) is 0 Å². The molecule has 1 nitrogen and oxygen atoms in total. The van der Waals surface area contributed by atoms with E-state index >= 15 is 0 Å². The molecule has 0 radical (unpaired) electrons. The van der Waals surface area contributed by atoms with Gasteiger partial charge in [-0.15, -0.1) is 24.8 Å². The maximum Gasteiger partial charge on any atom is 0.00324 e. The van der Waals surface area contributed by atoms with E-state index < -0.39 is 0 Å². The van der Waals surface area contributed by atoms with Crippen LogP contribution in [0.3, 0.4) is 0 Å². The van der Waals surface area contributed by atoms with Crippen LogP contribution in [0.1, 0.15) is 13.8 Å². The molecule has 0 aromatic rings. The van der Waals surface area contributed by atoms with Gasteiger partial charge in [-0.25, -0.2) is 0 Å². The van der Waals surface area contributed by atoms with Gasteiger partial charge in [0.05, 0.1) is 0 Å². The van der Waals surface area contributed by atoms with Gasteiger partial charge in [0.1, 0.15) is 0 Å². The molecule has 8 heavy (non-hydrogen) atoms. The summed E-state index contributed by atoms with van der Waals surface area (Å²) in [6, 6.07) is 0.685. The molecule has 0 rings (SSSR count). The molecule has 54 valence electrons. The molecule has 0 saturated carbocycles. The summed E-state index contributed by atoms with van der Waals surface area (Å²) in [6.07, 6.45) is 0. The van der Waals surface area contributed by atoms with E-state index in [2.05, 4.69) is 32.8 Å².